The monoisotopic (exact) mass is 642 g/mol. The lowest BCUT2D eigenvalue weighted by Gasteiger charge is -2.28. The average molecular weight is 643 g/mol. The Hall–Kier alpha value is -5.51. The molecule has 48 heavy (non-hydrogen) atoms. The van der Waals surface area contributed by atoms with Gasteiger partial charge in [0.25, 0.3) is 5.91 Å². The third kappa shape index (κ3) is 6.51. The standard InChI is InChI=1S/C39H38N4O5/c1-27(11-10-18-37(46)42(21-22-44)26-28-12-4-2-5-13-28)39(48)33-24-30(19-20-35(33)43(38(39)47)31-14-6-3-7-15-31)41-36(45)23-29-25-40-34-17-9-8-16-32(29)34/h2-17,19-20,24-25,27,40,44,48H,18,21-23,26H2,1H3,(H,41,45)/b11-10+/t27-,39+/m0/s1. The van der Waals surface area contributed by atoms with Crippen LogP contribution in [0.4, 0.5) is 17.1 Å². The van der Waals surface area contributed by atoms with Crippen LogP contribution in [0.15, 0.2) is 121 Å². The molecular formula is C39H38N4O5. The molecule has 9 heteroatoms. The number of nitrogens with one attached hydrogen (secondary N) is 2. The van der Waals surface area contributed by atoms with E-state index in [9.17, 15) is 24.6 Å². The Morgan fingerprint density at radius 2 is 1.69 bits per heavy atom. The van der Waals surface area contributed by atoms with E-state index in [0.29, 0.717) is 29.2 Å². The molecule has 2 atom stereocenters. The lowest BCUT2D eigenvalue weighted by atomic mass is 9.82. The molecule has 4 aromatic carbocycles. The molecule has 0 aliphatic carbocycles. The number of H-pyrrole nitrogens is 1. The fourth-order valence-corrected chi connectivity index (χ4v) is 6.30. The SMILES string of the molecule is C[C@@H](/C=C/CC(=O)N(CCO)Cc1ccccc1)[C@]1(O)C(=O)N(c2ccccc2)c2ccc(NC(=O)Cc3c[nH]c4ccccc34)cc21. The van der Waals surface area contributed by atoms with E-state index in [1.54, 1.807) is 54.3 Å². The quantitative estimate of drug-likeness (QED) is 0.128. The van der Waals surface area contributed by atoms with E-state index < -0.39 is 17.4 Å². The molecule has 0 fully saturated rings. The summed E-state index contributed by atoms with van der Waals surface area (Å²) in [7, 11) is 0. The van der Waals surface area contributed by atoms with E-state index in [0.717, 1.165) is 22.0 Å². The molecule has 5 aromatic rings. The molecular weight excluding hydrogens is 604 g/mol. The first-order valence-electron chi connectivity index (χ1n) is 16.0. The van der Waals surface area contributed by atoms with Crippen LogP contribution in [0.2, 0.25) is 0 Å². The Bertz CT molecular complexity index is 1960. The van der Waals surface area contributed by atoms with Crippen LogP contribution in [-0.2, 0) is 33.0 Å². The number of nitrogens with zero attached hydrogens (tertiary/aromatic N) is 2. The van der Waals surface area contributed by atoms with Crippen molar-refractivity contribution < 1.29 is 24.6 Å². The molecule has 0 radical (unpaired) electrons. The number of carbonyl (C=O) groups excluding carboxylic acids is 3. The summed E-state index contributed by atoms with van der Waals surface area (Å²) in [5.41, 5.74) is 2.70. The Labute approximate surface area is 279 Å². The zero-order valence-corrected chi connectivity index (χ0v) is 26.7. The number of hydrogen-bond donors (Lipinski definition) is 4. The summed E-state index contributed by atoms with van der Waals surface area (Å²) in [6.45, 7) is 2.11. The van der Waals surface area contributed by atoms with Gasteiger partial charge in [-0.1, -0.05) is 85.8 Å². The fraction of sp³-hybridized carbons (Fsp3) is 0.205. The molecule has 0 saturated carbocycles. The number of aliphatic hydroxyl groups is 2. The normalized spacial score (nSPS) is 16.3. The van der Waals surface area contributed by atoms with E-state index in [1.807, 2.05) is 79.0 Å². The van der Waals surface area contributed by atoms with Crippen LogP contribution >= 0.6 is 0 Å². The number of aromatic amines is 1. The number of hydrogen-bond acceptors (Lipinski definition) is 5. The molecule has 0 saturated heterocycles. The molecule has 3 amide bonds. The summed E-state index contributed by atoms with van der Waals surface area (Å²) in [4.78, 5) is 46.7. The summed E-state index contributed by atoms with van der Waals surface area (Å²) in [6, 6.07) is 31.5. The maximum absolute atomic E-state index is 14.1. The van der Waals surface area contributed by atoms with Crippen molar-refractivity contribution in [3.63, 3.8) is 0 Å². The molecule has 9 nitrogen and oxygen atoms in total. The molecule has 4 N–H and O–H groups in total. The van der Waals surface area contributed by atoms with Crippen LogP contribution in [0, 0.1) is 5.92 Å². The second-order valence-electron chi connectivity index (χ2n) is 12.0. The van der Waals surface area contributed by atoms with Gasteiger partial charge in [-0.2, -0.15) is 0 Å². The number of para-hydroxylation sites is 2. The lowest BCUT2D eigenvalue weighted by molar-refractivity contribution is -0.138. The van der Waals surface area contributed by atoms with Gasteiger partial charge in [-0.25, -0.2) is 0 Å². The summed E-state index contributed by atoms with van der Waals surface area (Å²) < 4.78 is 0. The van der Waals surface area contributed by atoms with Crippen LogP contribution in [-0.4, -0.2) is 51.0 Å². The number of fused-ring (bicyclic) bond motifs is 2. The van der Waals surface area contributed by atoms with Crippen molar-refractivity contribution in [2.24, 2.45) is 5.92 Å². The molecule has 1 aliphatic rings. The second-order valence-corrected chi connectivity index (χ2v) is 12.0. The molecule has 1 aromatic heterocycles. The maximum Gasteiger partial charge on any atom is 0.268 e. The molecule has 2 heterocycles. The van der Waals surface area contributed by atoms with Crippen molar-refractivity contribution in [2.45, 2.75) is 31.9 Å². The van der Waals surface area contributed by atoms with Crippen molar-refractivity contribution in [2.75, 3.05) is 23.4 Å². The number of amides is 3. The molecule has 0 spiro atoms. The van der Waals surface area contributed by atoms with Gasteiger partial charge in [-0.05, 0) is 47.5 Å². The Morgan fingerprint density at radius 3 is 2.44 bits per heavy atom. The third-order valence-electron chi connectivity index (χ3n) is 8.82. The Morgan fingerprint density at radius 1 is 0.979 bits per heavy atom. The van der Waals surface area contributed by atoms with Crippen LogP contribution in [0.5, 0.6) is 0 Å². The highest BCUT2D eigenvalue weighted by atomic mass is 16.3. The molecule has 0 bridgehead atoms. The van der Waals surface area contributed by atoms with Gasteiger partial charge in [-0.15, -0.1) is 0 Å². The molecule has 0 unspecified atom stereocenters. The molecule has 6 rings (SSSR count). The average Bonchev–Trinajstić information content (AvgIpc) is 3.61. The zero-order valence-electron chi connectivity index (χ0n) is 26.7. The van der Waals surface area contributed by atoms with Crippen molar-refractivity contribution in [3.05, 3.63) is 138 Å². The van der Waals surface area contributed by atoms with Gasteiger partial charge in [0.1, 0.15) is 0 Å². The van der Waals surface area contributed by atoms with Gasteiger partial charge in [0, 0.05) is 59.5 Å². The third-order valence-corrected chi connectivity index (χ3v) is 8.82. The largest absolute Gasteiger partial charge is 0.395 e. The van der Waals surface area contributed by atoms with Crippen LogP contribution < -0.4 is 10.2 Å². The summed E-state index contributed by atoms with van der Waals surface area (Å²) in [5.74, 6) is -1.68. The van der Waals surface area contributed by atoms with Gasteiger partial charge in [0.05, 0.1) is 18.7 Å². The minimum atomic E-state index is -1.98. The number of carbonyl (C=O) groups is 3. The van der Waals surface area contributed by atoms with E-state index in [2.05, 4.69) is 10.3 Å². The van der Waals surface area contributed by atoms with Gasteiger partial charge in [0.15, 0.2) is 5.60 Å². The van der Waals surface area contributed by atoms with E-state index >= 15 is 0 Å². The molecule has 1 aliphatic heterocycles. The first-order valence-corrected chi connectivity index (χ1v) is 16.0. The van der Waals surface area contributed by atoms with Crippen molar-refractivity contribution in [1.29, 1.82) is 0 Å². The number of aromatic nitrogens is 1. The summed E-state index contributed by atoms with van der Waals surface area (Å²) in [5, 5.41) is 25.7. The minimum absolute atomic E-state index is 0.0284. The minimum Gasteiger partial charge on any atom is -0.395 e. The second kappa shape index (κ2) is 14.1. The molecule has 244 valence electrons. The van der Waals surface area contributed by atoms with E-state index in [4.69, 9.17) is 0 Å². The number of benzene rings is 4. The van der Waals surface area contributed by atoms with Crippen molar-refractivity contribution >= 4 is 45.7 Å². The number of aliphatic hydroxyl groups excluding tert-OH is 1. The predicted octanol–water partition coefficient (Wildman–Crippen LogP) is 5.82. The summed E-state index contributed by atoms with van der Waals surface area (Å²) >= 11 is 0. The highest BCUT2D eigenvalue weighted by molar-refractivity contribution is 6.12. The van der Waals surface area contributed by atoms with E-state index in [-0.39, 0.29) is 37.8 Å². The van der Waals surface area contributed by atoms with Crippen LogP contribution in [0.25, 0.3) is 10.9 Å². The van der Waals surface area contributed by atoms with E-state index in [1.165, 1.54) is 4.90 Å². The van der Waals surface area contributed by atoms with Gasteiger partial charge >= 0.3 is 0 Å². The lowest BCUT2D eigenvalue weighted by Crippen LogP contribution is -2.42. The topological polar surface area (TPSA) is 126 Å². The Balaban J connectivity index is 1.24. The van der Waals surface area contributed by atoms with Crippen LogP contribution in [0.1, 0.15) is 30.0 Å². The Kier molecular flexibility index (Phi) is 9.52. The summed E-state index contributed by atoms with van der Waals surface area (Å²) in [6.07, 6.45) is 5.33. The zero-order chi connectivity index (χ0) is 33.7. The highest BCUT2D eigenvalue weighted by Crippen LogP contribution is 2.49. The maximum atomic E-state index is 14.1. The fourth-order valence-electron chi connectivity index (χ4n) is 6.30. The highest BCUT2D eigenvalue weighted by Gasteiger charge is 2.53. The van der Waals surface area contributed by atoms with Crippen molar-refractivity contribution in [3.8, 4) is 0 Å². The van der Waals surface area contributed by atoms with Crippen LogP contribution in [0.3, 0.4) is 0 Å². The first-order chi connectivity index (χ1) is 23.3. The first kappa shape index (κ1) is 32.4. The van der Waals surface area contributed by atoms with Gasteiger partial charge < -0.3 is 25.4 Å². The smallest absolute Gasteiger partial charge is 0.268 e. The van der Waals surface area contributed by atoms with Crippen molar-refractivity contribution in [1.82, 2.24) is 9.88 Å². The number of anilines is 3. The van der Waals surface area contributed by atoms with Gasteiger partial charge in [0.2, 0.25) is 11.8 Å². The predicted molar refractivity (Wildman–Crippen MR) is 186 cm³/mol. The number of rotatable bonds is 12. The van der Waals surface area contributed by atoms with Gasteiger partial charge in [-0.3, -0.25) is 19.3 Å².